The van der Waals surface area contributed by atoms with E-state index in [9.17, 15) is 22.4 Å². The lowest BCUT2D eigenvalue weighted by atomic mass is 9.98. The first kappa shape index (κ1) is 32.6. The molecule has 11 nitrogen and oxygen atoms in total. The van der Waals surface area contributed by atoms with Crippen molar-refractivity contribution in [3.8, 4) is 11.3 Å². The van der Waals surface area contributed by atoms with Gasteiger partial charge >= 0.3 is 5.97 Å². The first-order valence-corrected chi connectivity index (χ1v) is 15.6. The van der Waals surface area contributed by atoms with Crippen LogP contribution in [0.25, 0.3) is 22.3 Å². The van der Waals surface area contributed by atoms with Gasteiger partial charge in [-0.05, 0) is 80.1 Å². The summed E-state index contributed by atoms with van der Waals surface area (Å²) in [4.78, 5) is 23.9. The summed E-state index contributed by atoms with van der Waals surface area (Å²) in [7, 11) is -2.21. The van der Waals surface area contributed by atoms with Crippen LogP contribution in [0.15, 0.2) is 40.8 Å². The Morgan fingerprint density at radius 1 is 1.05 bits per heavy atom. The molecule has 1 aliphatic rings. The van der Waals surface area contributed by atoms with Gasteiger partial charge in [0.05, 0.1) is 44.4 Å². The Balaban J connectivity index is 1.36. The van der Waals surface area contributed by atoms with Crippen molar-refractivity contribution in [3.05, 3.63) is 58.9 Å². The maximum atomic E-state index is 13.5. The maximum Gasteiger partial charge on any atom is 0.335 e. The number of carboxylic acid groups (broad SMARTS) is 1. The number of carbonyl (C=O) groups excluding carboxylic acids is 1. The fourth-order valence-corrected chi connectivity index (χ4v) is 5.68. The highest BCUT2D eigenvalue weighted by Crippen LogP contribution is 2.45. The van der Waals surface area contributed by atoms with Crippen molar-refractivity contribution in [1.29, 1.82) is 0 Å². The van der Waals surface area contributed by atoms with E-state index in [0.29, 0.717) is 27.7 Å². The highest BCUT2D eigenvalue weighted by molar-refractivity contribution is 7.88. The van der Waals surface area contributed by atoms with Gasteiger partial charge < -0.3 is 29.1 Å². The Hall–Kier alpha value is -3.36. The molecular weight excluding hydrogens is 583 g/mol. The quantitative estimate of drug-likeness (QED) is 0.191. The molecule has 2 aromatic carbocycles. The molecule has 1 aromatic heterocycles. The predicted molar refractivity (Wildman–Crippen MR) is 157 cm³/mol. The van der Waals surface area contributed by atoms with Crippen molar-refractivity contribution >= 4 is 32.9 Å². The smallest absolute Gasteiger partial charge is 0.335 e. The molecule has 1 heterocycles. The van der Waals surface area contributed by atoms with Crippen LogP contribution >= 0.6 is 0 Å². The third-order valence-corrected chi connectivity index (χ3v) is 8.35. The van der Waals surface area contributed by atoms with Crippen molar-refractivity contribution in [2.24, 2.45) is 0 Å². The first-order valence-electron chi connectivity index (χ1n) is 14.0. The molecule has 3 N–H and O–H groups in total. The van der Waals surface area contributed by atoms with Gasteiger partial charge in [-0.15, -0.1) is 0 Å². The van der Waals surface area contributed by atoms with Crippen molar-refractivity contribution < 1.29 is 46.1 Å². The summed E-state index contributed by atoms with van der Waals surface area (Å²) in [5, 5.41) is 12.2. The number of rotatable bonds is 17. The lowest BCUT2D eigenvalue weighted by Crippen LogP contribution is -2.35. The molecule has 4 rings (SSSR count). The van der Waals surface area contributed by atoms with Gasteiger partial charge in [0.15, 0.2) is 5.60 Å². The molecule has 1 fully saturated rings. The molecule has 1 amide bonds. The Bertz CT molecular complexity index is 1550. The average molecular weight is 621 g/mol. The first-order chi connectivity index (χ1) is 20.4. The SMILES string of the molecule is CNC(=O)c1c(-c2ccc(F)cc2)oc2cc(CS(=O)(=O)NCCOCCOCCOC(C)(C)C(=O)O)c(C3CC3)cc12. The van der Waals surface area contributed by atoms with Gasteiger partial charge in [0.25, 0.3) is 5.91 Å². The molecule has 0 aliphatic heterocycles. The number of hydrogen-bond donors (Lipinski definition) is 3. The topological polar surface area (TPSA) is 153 Å². The van der Waals surface area contributed by atoms with Gasteiger partial charge in [-0.1, -0.05) is 0 Å². The maximum absolute atomic E-state index is 13.5. The zero-order valence-corrected chi connectivity index (χ0v) is 25.2. The van der Waals surface area contributed by atoms with Crippen molar-refractivity contribution in [2.75, 3.05) is 46.6 Å². The number of furan rings is 1. The number of benzene rings is 2. The van der Waals surface area contributed by atoms with Gasteiger partial charge in [-0.3, -0.25) is 4.79 Å². The highest BCUT2D eigenvalue weighted by Gasteiger charge is 2.31. The van der Waals surface area contributed by atoms with E-state index in [1.165, 1.54) is 45.2 Å². The second-order valence-corrected chi connectivity index (χ2v) is 12.6. The summed E-state index contributed by atoms with van der Waals surface area (Å²) in [5.74, 6) is -1.63. The van der Waals surface area contributed by atoms with Crippen molar-refractivity contribution in [2.45, 2.75) is 44.0 Å². The number of sulfonamides is 1. The van der Waals surface area contributed by atoms with Crippen LogP contribution in [0.4, 0.5) is 4.39 Å². The summed E-state index contributed by atoms with van der Waals surface area (Å²) >= 11 is 0. The molecule has 0 atom stereocenters. The van der Waals surface area contributed by atoms with Crippen LogP contribution < -0.4 is 10.0 Å². The minimum absolute atomic E-state index is 0.0650. The third-order valence-electron chi connectivity index (χ3n) is 7.02. The minimum Gasteiger partial charge on any atom is -0.479 e. The number of carbonyl (C=O) groups is 2. The number of halogens is 1. The molecule has 0 unspecified atom stereocenters. The van der Waals surface area contributed by atoms with E-state index in [1.807, 2.05) is 6.07 Å². The molecule has 1 saturated carbocycles. The van der Waals surface area contributed by atoms with Gasteiger partial charge in [-0.2, -0.15) is 0 Å². The molecule has 1 aliphatic carbocycles. The van der Waals surface area contributed by atoms with Crippen LogP contribution in [0.2, 0.25) is 0 Å². The summed E-state index contributed by atoms with van der Waals surface area (Å²) in [6.45, 7) is 3.90. The highest BCUT2D eigenvalue weighted by atomic mass is 32.2. The van der Waals surface area contributed by atoms with Gasteiger partial charge in [-0.25, -0.2) is 22.3 Å². The number of amides is 1. The van der Waals surface area contributed by atoms with Crippen LogP contribution in [0.1, 0.15) is 54.1 Å². The lowest BCUT2D eigenvalue weighted by Gasteiger charge is -2.19. The number of hydrogen-bond acceptors (Lipinski definition) is 8. The Labute approximate surface area is 249 Å². The number of ether oxygens (including phenoxy) is 3. The normalized spacial score (nSPS) is 13.9. The van der Waals surface area contributed by atoms with Gasteiger partial charge in [0.2, 0.25) is 10.0 Å². The van der Waals surface area contributed by atoms with Crippen LogP contribution in [0.5, 0.6) is 0 Å². The molecular formula is C30H37FN2O9S. The monoisotopic (exact) mass is 620 g/mol. The summed E-state index contributed by atoms with van der Waals surface area (Å²) in [5.41, 5.74) is 1.37. The second-order valence-electron chi connectivity index (χ2n) is 10.8. The standard InChI is InChI=1S/C30H37FN2O9S/c1-30(2,29(35)36)41-15-14-40-13-12-39-11-10-33-43(37,38)18-21-16-25-24(17-23(21)19-4-5-19)26(28(34)32-3)27(42-25)20-6-8-22(31)9-7-20/h6-9,16-17,19,33H,4-5,10-15,18H2,1-3H3,(H,32,34)(H,35,36). The van der Waals surface area contributed by atoms with Gasteiger partial charge in [0, 0.05) is 24.5 Å². The van der Waals surface area contributed by atoms with Crippen molar-refractivity contribution in [3.63, 3.8) is 0 Å². The number of fused-ring (bicyclic) bond motifs is 1. The molecule has 43 heavy (non-hydrogen) atoms. The van der Waals surface area contributed by atoms with E-state index in [2.05, 4.69) is 10.0 Å². The molecule has 0 bridgehead atoms. The molecule has 0 saturated heterocycles. The zero-order chi connectivity index (χ0) is 31.2. The Kier molecular flexibility index (Phi) is 10.6. The molecule has 13 heteroatoms. The fourth-order valence-electron chi connectivity index (χ4n) is 4.52. The van der Waals surface area contributed by atoms with Crippen molar-refractivity contribution in [1.82, 2.24) is 10.0 Å². The van der Waals surface area contributed by atoms with E-state index in [4.69, 9.17) is 23.7 Å². The molecule has 0 radical (unpaired) electrons. The van der Waals surface area contributed by atoms with Crippen LogP contribution in [-0.4, -0.2) is 77.6 Å². The Morgan fingerprint density at radius 2 is 1.70 bits per heavy atom. The summed E-state index contributed by atoms with van der Waals surface area (Å²) in [6, 6.07) is 9.15. The predicted octanol–water partition coefficient (Wildman–Crippen LogP) is 3.81. The van der Waals surface area contributed by atoms with Gasteiger partial charge in [0.1, 0.15) is 17.2 Å². The minimum atomic E-state index is -3.73. The average Bonchev–Trinajstić information content (AvgIpc) is 3.73. The molecule has 3 aromatic rings. The van der Waals surface area contributed by atoms with E-state index >= 15 is 0 Å². The second kappa shape index (κ2) is 14.0. The zero-order valence-electron chi connectivity index (χ0n) is 24.4. The molecule has 0 spiro atoms. The largest absolute Gasteiger partial charge is 0.479 e. The van der Waals surface area contributed by atoms with E-state index in [1.54, 1.807) is 6.07 Å². The van der Waals surface area contributed by atoms with Crippen LogP contribution in [0.3, 0.4) is 0 Å². The third kappa shape index (κ3) is 8.61. The summed E-state index contributed by atoms with van der Waals surface area (Å²) < 4.78 is 64.1. The molecule has 234 valence electrons. The number of carboxylic acids is 1. The number of aliphatic carboxylic acids is 1. The number of nitrogens with one attached hydrogen (secondary N) is 2. The Morgan fingerprint density at radius 3 is 2.33 bits per heavy atom. The fraction of sp³-hybridized carbons (Fsp3) is 0.467. The van der Waals surface area contributed by atoms with Crippen LogP contribution in [-0.2, 0) is 34.8 Å². The van der Waals surface area contributed by atoms with Crippen LogP contribution in [0, 0.1) is 5.82 Å². The van der Waals surface area contributed by atoms with E-state index in [0.717, 1.165) is 18.4 Å². The van der Waals surface area contributed by atoms with E-state index in [-0.39, 0.29) is 62.9 Å². The summed E-state index contributed by atoms with van der Waals surface area (Å²) in [6.07, 6.45) is 1.84. The van der Waals surface area contributed by atoms with E-state index < -0.39 is 27.4 Å². The lowest BCUT2D eigenvalue weighted by molar-refractivity contribution is -0.162.